The molecule has 1 aliphatic rings. The van der Waals surface area contributed by atoms with E-state index < -0.39 is 0 Å². The molecule has 120 valence electrons. The van der Waals surface area contributed by atoms with Crippen molar-refractivity contribution < 1.29 is 0 Å². The molecule has 1 aromatic heterocycles. The average Bonchev–Trinajstić information content (AvgIpc) is 2.93. The minimum absolute atomic E-state index is 0.595. The van der Waals surface area contributed by atoms with Gasteiger partial charge in [-0.05, 0) is 56.0 Å². The first-order valence-electron chi connectivity index (χ1n) is 8.87. The monoisotopic (exact) mass is 291 g/mol. The maximum Gasteiger partial charge on any atom is 0.0521 e. The molecule has 0 bridgehead atoms. The molecular formula is C18H33N3. The van der Waals surface area contributed by atoms with E-state index >= 15 is 0 Å². The molecule has 1 heterocycles. The number of nitrogens with one attached hydrogen (secondary N) is 1. The van der Waals surface area contributed by atoms with Gasteiger partial charge in [0.2, 0.25) is 0 Å². The van der Waals surface area contributed by atoms with Crippen LogP contribution < -0.4 is 5.32 Å². The third-order valence-corrected chi connectivity index (χ3v) is 5.12. The summed E-state index contributed by atoms with van der Waals surface area (Å²) in [5.41, 5.74) is 1.42. The van der Waals surface area contributed by atoms with Crippen molar-refractivity contribution >= 4 is 0 Å². The van der Waals surface area contributed by atoms with Crippen LogP contribution in [-0.2, 0) is 13.0 Å². The van der Waals surface area contributed by atoms with Gasteiger partial charge in [-0.2, -0.15) is 5.10 Å². The van der Waals surface area contributed by atoms with Gasteiger partial charge in [0.25, 0.3) is 0 Å². The Bertz CT molecular complexity index is 410. The van der Waals surface area contributed by atoms with Crippen LogP contribution in [0.3, 0.4) is 0 Å². The smallest absolute Gasteiger partial charge is 0.0521 e. The third kappa shape index (κ3) is 4.84. The summed E-state index contributed by atoms with van der Waals surface area (Å²) in [7, 11) is 0. The van der Waals surface area contributed by atoms with Crippen LogP contribution in [0.4, 0.5) is 0 Å². The number of nitrogens with zero attached hydrogens (tertiary/aromatic N) is 2. The number of rotatable bonds is 7. The molecule has 1 aliphatic carbocycles. The molecule has 3 unspecified atom stereocenters. The second-order valence-electron chi connectivity index (χ2n) is 7.08. The fraction of sp³-hybridized carbons (Fsp3) is 0.833. The van der Waals surface area contributed by atoms with Gasteiger partial charge in [-0.3, -0.25) is 4.68 Å². The Morgan fingerprint density at radius 1 is 1.29 bits per heavy atom. The Morgan fingerprint density at radius 2 is 2.10 bits per heavy atom. The van der Waals surface area contributed by atoms with Crippen molar-refractivity contribution in [2.75, 3.05) is 6.54 Å². The molecule has 0 aromatic carbocycles. The Hall–Kier alpha value is -0.830. The van der Waals surface area contributed by atoms with Crippen molar-refractivity contribution in [3.8, 4) is 0 Å². The van der Waals surface area contributed by atoms with Gasteiger partial charge in [0, 0.05) is 18.8 Å². The molecule has 2 rings (SSSR count). The van der Waals surface area contributed by atoms with E-state index in [-0.39, 0.29) is 0 Å². The predicted octanol–water partition coefficient (Wildman–Crippen LogP) is 3.89. The molecule has 0 saturated heterocycles. The minimum atomic E-state index is 0.595. The van der Waals surface area contributed by atoms with E-state index in [9.17, 15) is 0 Å². The first-order valence-corrected chi connectivity index (χ1v) is 8.87. The Labute approximate surface area is 130 Å². The maximum absolute atomic E-state index is 4.44. The van der Waals surface area contributed by atoms with Gasteiger partial charge in [0.15, 0.2) is 0 Å². The Balaban J connectivity index is 1.98. The van der Waals surface area contributed by atoms with E-state index in [2.05, 4.69) is 55.2 Å². The second-order valence-corrected chi connectivity index (χ2v) is 7.08. The highest BCUT2D eigenvalue weighted by atomic mass is 15.3. The first-order chi connectivity index (χ1) is 10.1. The van der Waals surface area contributed by atoms with Crippen LogP contribution in [0.2, 0.25) is 0 Å². The second kappa shape index (κ2) is 7.98. The van der Waals surface area contributed by atoms with E-state index in [1.807, 2.05) is 0 Å². The van der Waals surface area contributed by atoms with Crippen LogP contribution in [0.5, 0.6) is 0 Å². The lowest BCUT2D eigenvalue weighted by Gasteiger charge is -2.36. The molecular weight excluding hydrogens is 258 g/mol. The molecule has 3 nitrogen and oxygen atoms in total. The highest BCUT2D eigenvalue weighted by Crippen LogP contribution is 2.37. The molecule has 0 spiro atoms. The molecule has 3 atom stereocenters. The fourth-order valence-corrected chi connectivity index (χ4v) is 3.69. The lowest BCUT2D eigenvalue weighted by molar-refractivity contribution is 0.169. The Morgan fingerprint density at radius 3 is 2.71 bits per heavy atom. The number of aromatic nitrogens is 2. The van der Waals surface area contributed by atoms with Crippen LogP contribution in [-0.4, -0.2) is 22.4 Å². The van der Waals surface area contributed by atoms with Crippen LogP contribution in [0, 0.1) is 17.8 Å². The zero-order valence-electron chi connectivity index (χ0n) is 14.3. The molecule has 1 N–H and O–H groups in total. The summed E-state index contributed by atoms with van der Waals surface area (Å²) in [6.07, 6.45) is 11.1. The van der Waals surface area contributed by atoms with Crippen LogP contribution in [0.25, 0.3) is 0 Å². The summed E-state index contributed by atoms with van der Waals surface area (Å²) in [5.74, 6) is 2.59. The van der Waals surface area contributed by atoms with Gasteiger partial charge in [-0.1, -0.05) is 33.6 Å². The molecule has 0 amide bonds. The van der Waals surface area contributed by atoms with Crippen molar-refractivity contribution in [1.82, 2.24) is 15.1 Å². The largest absolute Gasteiger partial charge is 0.314 e. The molecule has 1 aromatic rings. The topological polar surface area (TPSA) is 29.9 Å². The average molecular weight is 291 g/mol. The number of hydrogen-bond donors (Lipinski definition) is 1. The van der Waals surface area contributed by atoms with Gasteiger partial charge >= 0.3 is 0 Å². The molecule has 3 heteroatoms. The summed E-state index contributed by atoms with van der Waals surface area (Å²) < 4.78 is 2.05. The van der Waals surface area contributed by atoms with Gasteiger partial charge in [-0.25, -0.2) is 0 Å². The van der Waals surface area contributed by atoms with E-state index in [0.717, 1.165) is 24.3 Å². The summed E-state index contributed by atoms with van der Waals surface area (Å²) in [4.78, 5) is 0. The molecule has 0 aliphatic heterocycles. The van der Waals surface area contributed by atoms with Gasteiger partial charge in [-0.15, -0.1) is 0 Å². The third-order valence-electron chi connectivity index (χ3n) is 5.12. The van der Waals surface area contributed by atoms with Gasteiger partial charge in [0.05, 0.1) is 6.20 Å². The van der Waals surface area contributed by atoms with Crippen molar-refractivity contribution in [2.24, 2.45) is 17.8 Å². The van der Waals surface area contributed by atoms with Crippen LogP contribution in [0.1, 0.15) is 58.9 Å². The highest BCUT2D eigenvalue weighted by molar-refractivity contribution is 5.06. The quantitative estimate of drug-likeness (QED) is 0.826. The lowest BCUT2D eigenvalue weighted by atomic mass is 9.71. The van der Waals surface area contributed by atoms with Crippen molar-refractivity contribution in [1.29, 1.82) is 0 Å². The van der Waals surface area contributed by atoms with Gasteiger partial charge < -0.3 is 5.32 Å². The first kappa shape index (κ1) is 16.5. The molecule has 21 heavy (non-hydrogen) atoms. The highest BCUT2D eigenvalue weighted by Gasteiger charge is 2.30. The minimum Gasteiger partial charge on any atom is -0.314 e. The Kier molecular flexibility index (Phi) is 6.28. The number of aryl methyl sites for hydroxylation is 1. The van der Waals surface area contributed by atoms with Crippen molar-refractivity contribution in [2.45, 2.75) is 72.4 Å². The zero-order valence-corrected chi connectivity index (χ0v) is 14.3. The van der Waals surface area contributed by atoms with Crippen molar-refractivity contribution in [3.63, 3.8) is 0 Å². The van der Waals surface area contributed by atoms with E-state index in [1.54, 1.807) is 0 Å². The maximum atomic E-state index is 4.44. The summed E-state index contributed by atoms with van der Waals surface area (Å²) in [6, 6.07) is 0.595. The predicted molar refractivity (Wildman–Crippen MR) is 89.4 cm³/mol. The molecule has 1 saturated carbocycles. The van der Waals surface area contributed by atoms with E-state index in [4.69, 9.17) is 0 Å². The van der Waals surface area contributed by atoms with Crippen LogP contribution in [0.15, 0.2) is 12.4 Å². The zero-order chi connectivity index (χ0) is 15.2. The van der Waals surface area contributed by atoms with Crippen LogP contribution >= 0.6 is 0 Å². The normalized spacial score (nSPS) is 26.4. The van der Waals surface area contributed by atoms with Crippen molar-refractivity contribution in [3.05, 3.63) is 18.0 Å². The summed E-state index contributed by atoms with van der Waals surface area (Å²) in [6.45, 7) is 11.2. The molecule has 1 fully saturated rings. The van der Waals surface area contributed by atoms with E-state index in [0.29, 0.717) is 6.04 Å². The fourth-order valence-electron chi connectivity index (χ4n) is 3.69. The SMILES string of the molecule is CCC1CCC(CNC(C)C)C(Cc2cnn(CC)c2)C1. The lowest BCUT2D eigenvalue weighted by Crippen LogP contribution is -2.36. The molecule has 0 radical (unpaired) electrons. The van der Waals surface area contributed by atoms with E-state index in [1.165, 1.54) is 44.2 Å². The number of hydrogen-bond acceptors (Lipinski definition) is 2. The standard InChI is InChI=1S/C18H33N3/c1-5-15-7-8-17(12-19-14(3)4)18(9-15)10-16-11-20-21(6-2)13-16/h11,13-15,17-19H,5-10,12H2,1-4H3. The summed E-state index contributed by atoms with van der Waals surface area (Å²) >= 11 is 0. The van der Waals surface area contributed by atoms with Gasteiger partial charge in [0.1, 0.15) is 0 Å². The summed E-state index contributed by atoms with van der Waals surface area (Å²) in [5, 5.41) is 8.10.